The van der Waals surface area contributed by atoms with E-state index >= 15 is 0 Å². The fourth-order valence-electron chi connectivity index (χ4n) is 2.45. The van der Waals surface area contributed by atoms with Crippen LogP contribution in [0.5, 0.6) is 0 Å². The predicted molar refractivity (Wildman–Crippen MR) is 89.7 cm³/mol. The molecule has 0 aromatic heterocycles. The number of rotatable bonds is 14. The van der Waals surface area contributed by atoms with Crippen molar-refractivity contribution in [2.75, 3.05) is 20.8 Å². The maximum atomic E-state index is 11.5. The van der Waals surface area contributed by atoms with Crippen molar-refractivity contribution in [1.29, 1.82) is 0 Å². The summed E-state index contributed by atoms with van der Waals surface area (Å²) >= 11 is 0. The van der Waals surface area contributed by atoms with E-state index < -0.39 is 0 Å². The molecule has 0 aromatic carbocycles. The van der Waals surface area contributed by atoms with Gasteiger partial charge < -0.3 is 14.2 Å². The van der Waals surface area contributed by atoms with Crippen LogP contribution >= 0.6 is 0 Å². The molecule has 0 radical (unpaired) electrons. The van der Waals surface area contributed by atoms with Gasteiger partial charge in [0.15, 0.2) is 6.29 Å². The highest BCUT2D eigenvalue weighted by molar-refractivity contribution is 5.86. The highest BCUT2D eigenvalue weighted by Gasteiger charge is 2.22. The first-order valence-electron chi connectivity index (χ1n) is 8.45. The van der Waals surface area contributed by atoms with Crippen molar-refractivity contribution in [2.24, 2.45) is 5.92 Å². The zero-order chi connectivity index (χ0) is 16.8. The quantitative estimate of drug-likeness (QED) is 0.205. The van der Waals surface area contributed by atoms with E-state index in [2.05, 4.69) is 13.5 Å². The first kappa shape index (κ1) is 21.1. The number of hydrogen-bond acceptors (Lipinski definition) is 4. The molecule has 0 bridgehead atoms. The van der Waals surface area contributed by atoms with Gasteiger partial charge in [-0.15, -0.1) is 0 Å². The van der Waals surface area contributed by atoms with E-state index in [0.717, 1.165) is 12.8 Å². The van der Waals surface area contributed by atoms with Gasteiger partial charge in [-0.3, -0.25) is 0 Å². The maximum Gasteiger partial charge on any atom is 0.333 e. The summed E-state index contributed by atoms with van der Waals surface area (Å²) in [6.45, 7) is 7.78. The molecular formula is C18H34O4. The van der Waals surface area contributed by atoms with E-state index in [1.54, 1.807) is 21.1 Å². The average molecular weight is 314 g/mol. The summed E-state index contributed by atoms with van der Waals surface area (Å²) in [6, 6.07) is 0. The van der Waals surface area contributed by atoms with E-state index in [-0.39, 0.29) is 18.2 Å². The Kier molecular flexibility index (Phi) is 13.2. The first-order chi connectivity index (χ1) is 10.6. The lowest BCUT2D eigenvalue weighted by molar-refractivity contribution is -0.162. The van der Waals surface area contributed by atoms with Gasteiger partial charge in [-0.2, -0.15) is 0 Å². The van der Waals surface area contributed by atoms with Crippen molar-refractivity contribution >= 4 is 5.97 Å². The minimum Gasteiger partial charge on any atom is -0.462 e. The molecule has 0 aliphatic rings. The first-order valence-corrected chi connectivity index (χ1v) is 8.45. The molecule has 4 nitrogen and oxygen atoms in total. The molecule has 0 aromatic rings. The van der Waals surface area contributed by atoms with Crippen LogP contribution in [0.3, 0.4) is 0 Å². The Bertz CT molecular complexity index is 297. The zero-order valence-corrected chi connectivity index (χ0v) is 14.9. The third kappa shape index (κ3) is 9.96. The van der Waals surface area contributed by atoms with Crippen molar-refractivity contribution in [1.82, 2.24) is 0 Å². The lowest BCUT2D eigenvalue weighted by atomic mass is 10.00. The largest absolute Gasteiger partial charge is 0.462 e. The Labute approximate surface area is 136 Å². The molecule has 0 aliphatic heterocycles. The number of unbranched alkanes of at least 4 members (excludes halogenated alkanes) is 6. The fourth-order valence-corrected chi connectivity index (χ4v) is 2.45. The molecule has 130 valence electrons. The summed E-state index contributed by atoms with van der Waals surface area (Å²) in [6.07, 6.45) is 9.41. The van der Waals surface area contributed by atoms with Crippen LogP contribution < -0.4 is 0 Å². The third-order valence-electron chi connectivity index (χ3n) is 3.80. The standard InChI is InChI=1S/C18H34O4/c1-6-7-8-9-10-11-12-13-16(18(20-4)21-5)14-22-17(19)15(2)3/h16,18H,2,6-14H2,1,3-5H3. The van der Waals surface area contributed by atoms with Crippen LogP contribution in [0.15, 0.2) is 12.2 Å². The van der Waals surface area contributed by atoms with Gasteiger partial charge in [0.25, 0.3) is 0 Å². The lowest BCUT2D eigenvalue weighted by Crippen LogP contribution is -2.29. The van der Waals surface area contributed by atoms with E-state index in [0.29, 0.717) is 12.2 Å². The molecule has 0 spiro atoms. The molecule has 1 unspecified atom stereocenters. The molecule has 1 atom stereocenters. The van der Waals surface area contributed by atoms with Crippen LogP contribution in [-0.2, 0) is 19.0 Å². The Morgan fingerprint density at radius 3 is 2.05 bits per heavy atom. The van der Waals surface area contributed by atoms with Gasteiger partial charge in [-0.1, -0.05) is 58.4 Å². The van der Waals surface area contributed by atoms with Crippen molar-refractivity contribution < 1.29 is 19.0 Å². The summed E-state index contributed by atoms with van der Waals surface area (Å²) in [5.41, 5.74) is 0.418. The number of carbonyl (C=O) groups excluding carboxylic acids is 1. The maximum absolute atomic E-state index is 11.5. The topological polar surface area (TPSA) is 44.8 Å². The van der Waals surface area contributed by atoms with E-state index in [1.165, 1.54) is 38.5 Å². The SMILES string of the molecule is C=C(C)C(=O)OCC(CCCCCCCCC)C(OC)OC. The Balaban J connectivity index is 4.08. The lowest BCUT2D eigenvalue weighted by Gasteiger charge is -2.24. The van der Waals surface area contributed by atoms with Gasteiger partial charge in [0.1, 0.15) is 0 Å². The van der Waals surface area contributed by atoms with Gasteiger partial charge in [-0.25, -0.2) is 4.79 Å². The number of methoxy groups -OCH3 is 2. The molecule has 22 heavy (non-hydrogen) atoms. The van der Waals surface area contributed by atoms with Crippen LogP contribution in [0.2, 0.25) is 0 Å². The molecule has 0 saturated carbocycles. The van der Waals surface area contributed by atoms with E-state index in [9.17, 15) is 4.79 Å². The summed E-state index contributed by atoms with van der Waals surface area (Å²) < 4.78 is 15.9. The molecule has 0 aliphatic carbocycles. The molecular weight excluding hydrogens is 280 g/mol. The zero-order valence-electron chi connectivity index (χ0n) is 14.9. The molecule has 0 rings (SSSR count). The molecule has 0 fully saturated rings. The molecule has 0 N–H and O–H groups in total. The smallest absolute Gasteiger partial charge is 0.333 e. The van der Waals surface area contributed by atoms with Crippen molar-refractivity contribution in [2.45, 2.75) is 71.5 Å². The van der Waals surface area contributed by atoms with Gasteiger partial charge in [0, 0.05) is 25.7 Å². The highest BCUT2D eigenvalue weighted by Crippen LogP contribution is 2.19. The Morgan fingerprint density at radius 2 is 1.55 bits per heavy atom. The highest BCUT2D eigenvalue weighted by atomic mass is 16.7. The summed E-state index contributed by atoms with van der Waals surface area (Å²) in [7, 11) is 3.24. The van der Waals surface area contributed by atoms with Crippen molar-refractivity contribution in [3.8, 4) is 0 Å². The van der Waals surface area contributed by atoms with Crippen LogP contribution in [0, 0.1) is 5.92 Å². The third-order valence-corrected chi connectivity index (χ3v) is 3.80. The second-order valence-electron chi connectivity index (χ2n) is 5.89. The fraction of sp³-hybridized carbons (Fsp3) is 0.833. The van der Waals surface area contributed by atoms with Gasteiger partial charge >= 0.3 is 5.97 Å². The Hall–Kier alpha value is -0.870. The van der Waals surface area contributed by atoms with Crippen LogP contribution in [0.1, 0.15) is 65.2 Å². The second kappa shape index (κ2) is 13.8. The summed E-state index contributed by atoms with van der Waals surface area (Å²) in [5, 5.41) is 0. The summed E-state index contributed by atoms with van der Waals surface area (Å²) in [5.74, 6) is -0.288. The van der Waals surface area contributed by atoms with Gasteiger partial charge in [0.2, 0.25) is 0 Å². The van der Waals surface area contributed by atoms with Crippen LogP contribution in [0.4, 0.5) is 0 Å². The molecule has 0 amide bonds. The second-order valence-corrected chi connectivity index (χ2v) is 5.89. The van der Waals surface area contributed by atoms with Crippen LogP contribution in [-0.4, -0.2) is 33.1 Å². The molecule has 0 saturated heterocycles. The number of carbonyl (C=O) groups is 1. The normalized spacial score (nSPS) is 12.4. The minimum absolute atomic E-state index is 0.0638. The van der Waals surface area contributed by atoms with Crippen molar-refractivity contribution in [3.63, 3.8) is 0 Å². The van der Waals surface area contributed by atoms with Crippen LogP contribution in [0.25, 0.3) is 0 Å². The minimum atomic E-state index is -0.351. The molecule has 4 heteroatoms. The number of hydrogen-bond donors (Lipinski definition) is 0. The summed E-state index contributed by atoms with van der Waals surface area (Å²) in [4.78, 5) is 11.5. The number of ether oxygens (including phenoxy) is 3. The van der Waals surface area contributed by atoms with E-state index in [4.69, 9.17) is 14.2 Å². The monoisotopic (exact) mass is 314 g/mol. The van der Waals surface area contributed by atoms with Crippen molar-refractivity contribution in [3.05, 3.63) is 12.2 Å². The van der Waals surface area contributed by atoms with E-state index in [1.807, 2.05) is 0 Å². The average Bonchev–Trinajstić information content (AvgIpc) is 2.51. The predicted octanol–water partition coefficient (Wildman–Crippen LogP) is 4.48. The Morgan fingerprint density at radius 1 is 1.00 bits per heavy atom. The van der Waals surface area contributed by atoms with Gasteiger partial charge in [0.05, 0.1) is 6.61 Å². The van der Waals surface area contributed by atoms with Gasteiger partial charge in [-0.05, 0) is 13.3 Å². The molecule has 0 heterocycles. The number of esters is 1.